The highest BCUT2D eigenvalue weighted by Gasteiger charge is 2.18. The minimum absolute atomic E-state index is 0.167. The lowest BCUT2D eigenvalue weighted by molar-refractivity contribution is -0.136. The van der Waals surface area contributed by atoms with E-state index < -0.39 is 5.97 Å². The Labute approximate surface area is 223 Å². The molecule has 9 heteroatoms. The van der Waals surface area contributed by atoms with Gasteiger partial charge in [0.15, 0.2) is 0 Å². The number of nitrogens with zero attached hydrogens (tertiary/aromatic N) is 1. The van der Waals surface area contributed by atoms with Crippen molar-refractivity contribution in [2.24, 2.45) is 0 Å². The van der Waals surface area contributed by atoms with E-state index in [9.17, 15) is 14.7 Å². The summed E-state index contributed by atoms with van der Waals surface area (Å²) in [6.07, 6.45) is -0.167. The van der Waals surface area contributed by atoms with E-state index in [4.69, 9.17) is 21.1 Å². The highest BCUT2D eigenvalue weighted by Crippen LogP contribution is 2.32. The van der Waals surface area contributed by atoms with Crippen molar-refractivity contribution in [3.8, 4) is 33.2 Å². The molecule has 37 heavy (non-hydrogen) atoms. The van der Waals surface area contributed by atoms with E-state index in [-0.39, 0.29) is 18.9 Å². The molecule has 190 valence electrons. The number of hydrogen-bond acceptors (Lipinski definition) is 6. The Morgan fingerprint density at radius 2 is 1.70 bits per heavy atom. The van der Waals surface area contributed by atoms with Crippen molar-refractivity contribution in [2.45, 2.75) is 19.9 Å². The number of ether oxygens (including phenoxy) is 2. The van der Waals surface area contributed by atoms with Crippen LogP contribution in [0.5, 0.6) is 11.5 Å². The van der Waals surface area contributed by atoms with Crippen LogP contribution in [0.25, 0.3) is 21.7 Å². The Morgan fingerprint density at radius 1 is 0.973 bits per heavy atom. The molecule has 0 aliphatic carbocycles. The Hall–Kier alpha value is -3.88. The minimum Gasteiger partial charge on any atom is -0.497 e. The van der Waals surface area contributed by atoms with Gasteiger partial charge in [-0.1, -0.05) is 35.9 Å². The van der Waals surface area contributed by atoms with Gasteiger partial charge in [0.1, 0.15) is 21.4 Å². The number of methoxy groups -OCH3 is 2. The van der Waals surface area contributed by atoms with Crippen molar-refractivity contribution in [2.75, 3.05) is 14.2 Å². The van der Waals surface area contributed by atoms with Gasteiger partial charge in [0, 0.05) is 22.7 Å². The van der Waals surface area contributed by atoms with Gasteiger partial charge in [-0.2, -0.15) is 0 Å². The van der Waals surface area contributed by atoms with E-state index in [0.717, 1.165) is 27.3 Å². The molecule has 0 spiro atoms. The molecule has 4 rings (SSSR count). The number of benzene rings is 3. The van der Waals surface area contributed by atoms with Crippen LogP contribution in [0, 0.1) is 6.92 Å². The predicted molar refractivity (Wildman–Crippen MR) is 145 cm³/mol. The number of rotatable bonds is 9. The number of aliphatic carboxylic acids is 1. The van der Waals surface area contributed by atoms with Crippen molar-refractivity contribution in [1.29, 1.82) is 0 Å². The molecule has 0 saturated carbocycles. The Kier molecular flexibility index (Phi) is 8.11. The number of carbonyl (C=O) groups excluding carboxylic acids is 1. The molecule has 3 aromatic carbocycles. The molecule has 0 aliphatic rings. The number of aromatic nitrogens is 1. The number of carbonyl (C=O) groups is 2. The summed E-state index contributed by atoms with van der Waals surface area (Å²) in [5.41, 5.74) is 4.57. The molecule has 0 unspecified atom stereocenters. The molecule has 1 heterocycles. The van der Waals surface area contributed by atoms with Gasteiger partial charge in [0.2, 0.25) is 0 Å². The molecule has 1 amide bonds. The summed E-state index contributed by atoms with van der Waals surface area (Å²) >= 11 is 7.31. The van der Waals surface area contributed by atoms with Gasteiger partial charge in [0.25, 0.3) is 5.91 Å². The Balaban J connectivity index is 1.60. The average Bonchev–Trinajstić information content (AvgIpc) is 3.28. The monoisotopic (exact) mass is 536 g/mol. The minimum atomic E-state index is -0.949. The maximum absolute atomic E-state index is 13.1. The average molecular weight is 537 g/mol. The zero-order valence-electron chi connectivity index (χ0n) is 20.5. The third-order valence-electron chi connectivity index (χ3n) is 5.78. The summed E-state index contributed by atoms with van der Waals surface area (Å²) in [4.78, 5) is 29.6. The lowest BCUT2D eigenvalue weighted by Gasteiger charge is -2.15. The Bertz CT molecular complexity index is 1450. The predicted octanol–water partition coefficient (Wildman–Crippen LogP) is 6.01. The lowest BCUT2D eigenvalue weighted by atomic mass is 9.96. The normalized spacial score (nSPS) is 10.7. The van der Waals surface area contributed by atoms with Crippen LogP contribution in [0.15, 0.2) is 60.7 Å². The number of carboxylic acid groups (broad SMARTS) is 1. The van der Waals surface area contributed by atoms with Crippen LogP contribution >= 0.6 is 22.9 Å². The fourth-order valence-electron chi connectivity index (χ4n) is 3.95. The molecule has 0 atom stereocenters. The number of carboxylic acids is 1. The number of aryl methyl sites for hydroxylation is 1. The number of hydrogen-bond donors (Lipinski definition) is 2. The highest BCUT2D eigenvalue weighted by molar-refractivity contribution is 7.17. The topological polar surface area (TPSA) is 97.8 Å². The number of halogens is 1. The molecular formula is C28H25ClN2O5S. The molecule has 2 N–H and O–H groups in total. The van der Waals surface area contributed by atoms with Gasteiger partial charge in [0.05, 0.1) is 26.3 Å². The summed E-state index contributed by atoms with van der Waals surface area (Å²) in [5, 5.41) is 13.7. The molecule has 0 fully saturated rings. The largest absolute Gasteiger partial charge is 0.497 e. The maximum Gasteiger partial charge on any atom is 0.307 e. The first-order chi connectivity index (χ1) is 17.8. The van der Waals surface area contributed by atoms with Crippen molar-refractivity contribution in [3.05, 3.63) is 87.4 Å². The number of nitrogens with one attached hydrogen (secondary N) is 1. The van der Waals surface area contributed by atoms with Crippen molar-refractivity contribution in [1.82, 2.24) is 10.3 Å². The fourth-order valence-corrected chi connectivity index (χ4v) is 5.06. The molecule has 0 radical (unpaired) electrons. The second kappa shape index (κ2) is 11.5. The van der Waals surface area contributed by atoms with E-state index in [2.05, 4.69) is 10.3 Å². The molecule has 0 aliphatic heterocycles. The number of amides is 1. The third-order valence-corrected chi connectivity index (χ3v) is 7.24. The summed E-state index contributed by atoms with van der Waals surface area (Å²) in [6, 6.07) is 18.3. The molecule has 0 saturated heterocycles. The van der Waals surface area contributed by atoms with Crippen LogP contribution in [0.1, 0.15) is 26.5 Å². The quantitative estimate of drug-likeness (QED) is 0.272. The first kappa shape index (κ1) is 26.2. The summed E-state index contributed by atoms with van der Waals surface area (Å²) in [7, 11) is 3.09. The lowest BCUT2D eigenvalue weighted by Crippen LogP contribution is -2.23. The standard InChI is InChI=1S/C28H25ClN2O5S/c1-16-26(37-28(31-16)17-4-7-21(29)8-5-17)27(34)30-15-20-13-22(35-2)9-10-23(20)18-6-11-24(36-3)19(12-18)14-25(32)33/h4-13H,14-15H2,1-3H3,(H,30,34)(H,32,33). The van der Waals surface area contributed by atoms with E-state index in [1.807, 2.05) is 43.3 Å². The van der Waals surface area contributed by atoms with Crippen LogP contribution in [-0.4, -0.2) is 36.2 Å². The van der Waals surface area contributed by atoms with Crippen LogP contribution in [0.4, 0.5) is 0 Å². The van der Waals surface area contributed by atoms with Gasteiger partial charge in [-0.05, 0) is 60.0 Å². The zero-order valence-corrected chi connectivity index (χ0v) is 22.1. The molecule has 7 nitrogen and oxygen atoms in total. The van der Waals surface area contributed by atoms with E-state index in [1.54, 1.807) is 31.4 Å². The van der Waals surface area contributed by atoms with Crippen molar-refractivity contribution < 1.29 is 24.2 Å². The summed E-state index contributed by atoms with van der Waals surface area (Å²) < 4.78 is 10.7. The van der Waals surface area contributed by atoms with Gasteiger partial charge < -0.3 is 19.9 Å². The summed E-state index contributed by atoms with van der Waals surface area (Å²) in [5.74, 6) is -0.0289. The zero-order chi connectivity index (χ0) is 26.5. The molecule has 0 bridgehead atoms. The van der Waals surface area contributed by atoms with Crippen molar-refractivity contribution in [3.63, 3.8) is 0 Å². The highest BCUT2D eigenvalue weighted by atomic mass is 35.5. The van der Waals surface area contributed by atoms with E-state index >= 15 is 0 Å². The second-order valence-electron chi connectivity index (χ2n) is 8.24. The Morgan fingerprint density at radius 3 is 2.38 bits per heavy atom. The first-order valence-electron chi connectivity index (χ1n) is 11.4. The van der Waals surface area contributed by atoms with E-state index in [1.165, 1.54) is 18.4 Å². The van der Waals surface area contributed by atoms with Crippen LogP contribution in [-0.2, 0) is 17.8 Å². The van der Waals surface area contributed by atoms with Gasteiger partial charge in [-0.25, -0.2) is 4.98 Å². The van der Waals surface area contributed by atoms with Crippen LogP contribution in [0.3, 0.4) is 0 Å². The molecule has 4 aromatic rings. The number of thiazole rings is 1. The van der Waals surface area contributed by atoms with Gasteiger partial charge >= 0.3 is 5.97 Å². The van der Waals surface area contributed by atoms with Gasteiger partial charge in [-0.15, -0.1) is 11.3 Å². The van der Waals surface area contributed by atoms with Gasteiger partial charge in [-0.3, -0.25) is 9.59 Å². The molecular weight excluding hydrogens is 512 g/mol. The smallest absolute Gasteiger partial charge is 0.307 e. The van der Waals surface area contributed by atoms with Crippen molar-refractivity contribution >= 4 is 34.8 Å². The third kappa shape index (κ3) is 6.10. The summed E-state index contributed by atoms with van der Waals surface area (Å²) in [6.45, 7) is 2.04. The second-order valence-corrected chi connectivity index (χ2v) is 9.68. The van der Waals surface area contributed by atoms with E-state index in [0.29, 0.717) is 32.7 Å². The molecule has 1 aromatic heterocycles. The first-order valence-corrected chi connectivity index (χ1v) is 12.6. The maximum atomic E-state index is 13.1. The fraction of sp³-hybridized carbons (Fsp3) is 0.179. The SMILES string of the molecule is COc1ccc(-c2ccc(OC)c(CC(=O)O)c2)c(CNC(=O)c2sc(-c3ccc(Cl)cc3)nc2C)c1. The van der Waals surface area contributed by atoms with Crippen LogP contribution < -0.4 is 14.8 Å². The van der Waals surface area contributed by atoms with Crippen LogP contribution in [0.2, 0.25) is 5.02 Å².